The van der Waals surface area contributed by atoms with Gasteiger partial charge in [-0.2, -0.15) is 0 Å². The molecule has 0 radical (unpaired) electrons. The summed E-state index contributed by atoms with van der Waals surface area (Å²) in [6.45, 7) is 8.55. The number of aliphatic hydroxyl groups is 1. The molecule has 0 aliphatic carbocycles. The van der Waals surface area contributed by atoms with Gasteiger partial charge in [-0.05, 0) is 43.4 Å². The van der Waals surface area contributed by atoms with Crippen molar-refractivity contribution in [3.63, 3.8) is 0 Å². The number of carbonyl (C=O) groups excluding carboxylic acids is 1. The molecule has 3 rings (SSSR count). The molecule has 2 heterocycles. The molecule has 1 aliphatic heterocycles. The van der Waals surface area contributed by atoms with Gasteiger partial charge in [-0.25, -0.2) is 13.4 Å². The Morgan fingerprint density at radius 3 is 2.52 bits per heavy atom. The van der Waals surface area contributed by atoms with Crippen LogP contribution in [0.3, 0.4) is 0 Å². The van der Waals surface area contributed by atoms with Gasteiger partial charge >= 0.3 is 0 Å². The summed E-state index contributed by atoms with van der Waals surface area (Å²) < 4.78 is 27.3. The number of imidazole rings is 1. The Balaban J connectivity index is 1.96. The molecule has 1 N–H and O–H groups in total. The Morgan fingerprint density at radius 2 is 1.93 bits per heavy atom. The van der Waals surface area contributed by atoms with Crippen LogP contribution < -0.4 is 0 Å². The van der Waals surface area contributed by atoms with Gasteiger partial charge in [-0.15, -0.1) is 0 Å². The lowest BCUT2D eigenvalue weighted by Crippen LogP contribution is -2.34. The van der Waals surface area contributed by atoms with Crippen LogP contribution in [0.4, 0.5) is 0 Å². The summed E-state index contributed by atoms with van der Waals surface area (Å²) in [5.74, 6) is 1.32. The molecule has 160 valence electrons. The molecular formula is C21H31N3O4S. The van der Waals surface area contributed by atoms with Crippen molar-refractivity contribution in [2.45, 2.75) is 56.9 Å². The van der Waals surface area contributed by atoms with E-state index < -0.39 is 9.84 Å². The van der Waals surface area contributed by atoms with E-state index in [0.717, 1.165) is 50.2 Å². The number of sulfone groups is 1. The van der Waals surface area contributed by atoms with Gasteiger partial charge in [0.05, 0.1) is 21.7 Å². The van der Waals surface area contributed by atoms with Gasteiger partial charge in [0.1, 0.15) is 5.82 Å². The number of hydrogen-bond donors (Lipinski definition) is 1. The van der Waals surface area contributed by atoms with Gasteiger partial charge in [-0.3, -0.25) is 4.79 Å². The minimum Gasteiger partial charge on any atom is -0.396 e. The molecule has 0 spiro atoms. The SMILES string of the molecule is CC(C)(C)c1nc2cc(S(=O)(=O)CCCO)ccc2n1CC1CCN(C=O)CC1. The largest absolute Gasteiger partial charge is 0.396 e. The number of carbonyl (C=O) groups is 1. The molecule has 2 aromatic rings. The second kappa shape index (κ2) is 8.44. The number of rotatable bonds is 7. The predicted molar refractivity (Wildman–Crippen MR) is 113 cm³/mol. The van der Waals surface area contributed by atoms with Crippen molar-refractivity contribution in [1.82, 2.24) is 14.5 Å². The second-order valence-electron chi connectivity index (χ2n) is 8.93. The van der Waals surface area contributed by atoms with Gasteiger partial charge in [0, 0.05) is 31.7 Å². The van der Waals surface area contributed by atoms with Gasteiger partial charge in [0.2, 0.25) is 6.41 Å². The topological polar surface area (TPSA) is 92.5 Å². The molecule has 0 atom stereocenters. The zero-order chi connectivity index (χ0) is 21.2. The number of benzene rings is 1. The lowest BCUT2D eigenvalue weighted by molar-refractivity contribution is -0.119. The Hall–Kier alpha value is -1.93. The molecule has 1 saturated heterocycles. The molecule has 1 aliphatic rings. The van der Waals surface area contributed by atoms with E-state index in [1.807, 2.05) is 11.0 Å². The summed E-state index contributed by atoms with van der Waals surface area (Å²) in [6.07, 6.45) is 3.05. The quantitative estimate of drug-likeness (QED) is 0.693. The molecule has 29 heavy (non-hydrogen) atoms. The molecular weight excluding hydrogens is 390 g/mol. The normalized spacial score (nSPS) is 16.5. The smallest absolute Gasteiger partial charge is 0.209 e. The van der Waals surface area contributed by atoms with E-state index in [9.17, 15) is 13.2 Å². The number of fused-ring (bicyclic) bond motifs is 1. The van der Waals surface area contributed by atoms with Crippen molar-refractivity contribution in [3.8, 4) is 0 Å². The second-order valence-corrected chi connectivity index (χ2v) is 11.0. The van der Waals surface area contributed by atoms with E-state index in [1.165, 1.54) is 0 Å². The number of amides is 1. The summed E-state index contributed by atoms with van der Waals surface area (Å²) in [5.41, 5.74) is 1.44. The van der Waals surface area contributed by atoms with E-state index in [0.29, 0.717) is 11.4 Å². The van der Waals surface area contributed by atoms with Crippen LogP contribution in [0.1, 0.15) is 45.9 Å². The van der Waals surface area contributed by atoms with Gasteiger partial charge < -0.3 is 14.6 Å². The summed E-state index contributed by atoms with van der Waals surface area (Å²) in [6, 6.07) is 5.15. The van der Waals surface area contributed by atoms with E-state index in [4.69, 9.17) is 10.1 Å². The first-order chi connectivity index (χ1) is 13.7. The first-order valence-electron chi connectivity index (χ1n) is 10.2. The maximum absolute atomic E-state index is 12.5. The molecule has 1 aromatic heterocycles. The number of aromatic nitrogens is 2. The molecule has 0 bridgehead atoms. The van der Waals surface area contributed by atoms with Gasteiger partial charge in [0.25, 0.3) is 0 Å². The van der Waals surface area contributed by atoms with E-state index in [1.54, 1.807) is 12.1 Å². The van der Waals surface area contributed by atoms with Crippen molar-refractivity contribution in [2.24, 2.45) is 5.92 Å². The first kappa shape index (κ1) is 21.8. The predicted octanol–water partition coefficient (Wildman–Crippen LogP) is 2.36. The van der Waals surface area contributed by atoms with Crippen LogP contribution >= 0.6 is 0 Å². The third-order valence-electron chi connectivity index (χ3n) is 5.56. The lowest BCUT2D eigenvalue weighted by Gasteiger charge is -2.31. The molecule has 1 aromatic carbocycles. The minimum atomic E-state index is -3.44. The Labute approximate surface area is 172 Å². The fraction of sp³-hybridized carbons (Fsp3) is 0.619. The van der Waals surface area contributed by atoms with Crippen molar-refractivity contribution in [1.29, 1.82) is 0 Å². The fourth-order valence-corrected chi connectivity index (χ4v) is 5.24. The molecule has 1 fully saturated rings. The minimum absolute atomic E-state index is 0.0723. The van der Waals surface area contributed by atoms with Gasteiger partial charge in [-0.1, -0.05) is 20.8 Å². The van der Waals surface area contributed by atoms with Crippen LogP contribution in [0.5, 0.6) is 0 Å². The summed E-state index contributed by atoms with van der Waals surface area (Å²) >= 11 is 0. The highest BCUT2D eigenvalue weighted by atomic mass is 32.2. The lowest BCUT2D eigenvalue weighted by atomic mass is 9.93. The average molecular weight is 422 g/mol. The number of likely N-dealkylation sites (tertiary alicyclic amines) is 1. The standard InChI is InChI=1S/C21H31N3O4S/c1-21(2,3)20-22-18-13-17(29(27,28)12-4-11-25)5-6-19(18)24(20)14-16-7-9-23(15-26)10-8-16/h5-6,13,15-16,25H,4,7-12,14H2,1-3H3. The highest BCUT2D eigenvalue weighted by Gasteiger charge is 2.27. The summed E-state index contributed by atoms with van der Waals surface area (Å²) in [7, 11) is -3.44. The number of aliphatic hydroxyl groups excluding tert-OH is 1. The maximum atomic E-state index is 12.5. The van der Waals surface area contributed by atoms with Crippen LogP contribution in [0.15, 0.2) is 23.1 Å². The third kappa shape index (κ3) is 4.80. The maximum Gasteiger partial charge on any atom is 0.209 e. The number of hydrogen-bond acceptors (Lipinski definition) is 5. The number of nitrogens with zero attached hydrogens (tertiary/aromatic N) is 3. The van der Waals surface area contributed by atoms with Crippen molar-refractivity contribution in [2.75, 3.05) is 25.4 Å². The van der Waals surface area contributed by atoms with Gasteiger partial charge in [0.15, 0.2) is 9.84 Å². The highest BCUT2D eigenvalue weighted by Crippen LogP contribution is 2.30. The molecule has 0 unspecified atom stereocenters. The monoisotopic (exact) mass is 421 g/mol. The van der Waals surface area contributed by atoms with E-state index in [2.05, 4.69) is 25.3 Å². The zero-order valence-corrected chi connectivity index (χ0v) is 18.3. The molecule has 0 saturated carbocycles. The Morgan fingerprint density at radius 1 is 1.24 bits per heavy atom. The molecule has 7 nitrogen and oxygen atoms in total. The van der Waals surface area contributed by atoms with E-state index >= 15 is 0 Å². The average Bonchev–Trinajstić information content (AvgIpc) is 3.05. The van der Waals surface area contributed by atoms with Crippen LogP contribution in [0, 0.1) is 5.92 Å². The summed E-state index contributed by atoms with van der Waals surface area (Å²) in [5, 5.41) is 8.96. The summed E-state index contributed by atoms with van der Waals surface area (Å²) in [4.78, 5) is 17.9. The number of piperidine rings is 1. The molecule has 8 heteroatoms. The first-order valence-corrected chi connectivity index (χ1v) is 11.8. The van der Waals surface area contributed by atoms with Crippen LogP contribution in [-0.4, -0.2) is 59.8 Å². The van der Waals surface area contributed by atoms with E-state index in [-0.39, 0.29) is 29.1 Å². The fourth-order valence-electron chi connectivity index (χ4n) is 3.93. The highest BCUT2D eigenvalue weighted by molar-refractivity contribution is 7.91. The van der Waals surface area contributed by atoms with Crippen LogP contribution in [0.2, 0.25) is 0 Å². The Bertz CT molecular complexity index is 968. The van der Waals surface area contributed by atoms with Crippen molar-refractivity contribution in [3.05, 3.63) is 24.0 Å². The van der Waals surface area contributed by atoms with Crippen molar-refractivity contribution < 1.29 is 18.3 Å². The Kier molecular flexibility index (Phi) is 6.33. The zero-order valence-electron chi connectivity index (χ0n) is 17.5. The van der Waals surface area contributed by atoms with Crippen molar-refractivity contribution >= 4 is 27.3 Å². The molecule has 1 amide bonds. The van der Waals surface area contributed by atoms with Crippen LogP contribution in [0.25, 0.3) is 11.0 Å². The van der Waals surface area contributed by atoms with Crippen LogP contribution in [-0.2, 0) is 26.6 Å². The third-order valence-corrected chi connectivity index (χ3v) is 7.36.